The average molecular weight is 1070 g/mol. The van der Waals surface area contributed by atoms with Crippen LogP contribution in [0.3, 0.4) is 0 Å². The quantitative estimate of drug-likeness (QED) is 0.0292. The van der Waals surface area contributed by atoms with Gasteiger partial charge in [-0.05, 0) is 122 Å². The van der Waals surface area contributed by atoms with Crippen molar-refractivity contribution in [1.82, 2.24) is 33.9 Å². The molecule has 0 saturated heterocycles. The number of carbonyl (C=O) groups excluding carboxylic acids is 1. The molecule has 0 spiro atoms. The Hall–Kier alpha value is -7.11. The average Bonchev–Trinajstić information content (AvgIpc) is 3.37. The maximum Gasteiger partial charge on any atom is 0.407 e. The van der Waals surface area contributed by atoms with Crippen LogP contribution in [0.1, 0.15) is 54.5 Å². The lowest BCUT2D eigenvalue weighted by atomic mass is 9.91. The number of nitrogens with one attached hydrogen (secondary N) is 3. The van der Waals surface area contributed by atoms with Crippen LogP contribution in [-0.4, -0.2) is 133 Å². The van der Waals surface area contributed by atoms with Gasteiger partial charge in [0.15, 0.2) is 23.0 Å². The van der Waals surface area contributed by atoms with Gasteiger partial charge in [0, 0.05) is 75.8 Å². The fourth-order valence-corrected chi connectivity index (χ4v) is 9.85. The van der Waals surface area contributed by atoms with E-state index < -0.39 is 31.7 Å². The SMILES string of the molecule is COc1cc(CCNc2nccc(-c3cccc(CN(CCCNC(=O)OC(C)(C)Cc4ccc(CN(CCCN)S(C)(=O)=O)cc4-c4ccnc(NCCc5ccc(O)c(OC)c5)n4)S(C)(=O)=O)c3)n2)ccc1O. The number of carbonyl (C=O) groups is 1. The van der Waals surface area contributed by atoms with E-state index in [9.17, 15) is 31.8 Å². The Labute approximate surface area is 439 Å². The Morgan fingerprint density at radius 1 is 0.667 bits per heavy atom. The number of amides is 1. The van der Waals surface area contributed by atoms with E-state index in [1.54, 1.807) is 68.7 Å². The molecule has 0 aliphatic carbocycles. The number of aromatic hydroxyl groups is 2. The molecule has 1 amide bonds. The fourth-order valence-electron chi connectivity index (χ4n) is 8.16. The van der Waals surface area contributed by atoms with Crippen molar-refractivity contribution in [2.75, 3.05) is 76.6 Å². The third kappa shape index (κ3) is 17.5. The van der Waals surface area contributed by atoms with Crippen LogP contribution in [0, 0.1) is 0 Å². The third-order valence-electron chi connectivity index (χ3n) is 12.0. The molecule has 2 aromatic heterocycles. The van der Waals surface area contributed by atoms with Crippen molar-refractivity contribution in [2.45, 2.75) is 64.6 Å². The largest absolute Gasteiger partial charge is 0.504 e. The van der Waals surface area contributed by atoms with E-state index >= 15 is 0 Å². The summed E-state index contributed by atoms with van der Waals surface area (Å²) >= 11 is 0. The van der Waals surface area contributed by atoms with E-state index in [0.717, 1.165) is 34.1 Å². The van der Waals surface area contributed by atoms with E-state index in [0.29, 0.717) is 91.2 Å². The Morgan fingerprint density at radius 2 is 1.20 bits per heavy atom. The summed E-state index contributed by atoms with van der Waals surface area (Å²) in [6, 6.07) is 26.9. The molecule has 0 saturated carbocycles. The number of nitrogens with two attached hydrogens (primary N) is 1. The number of nitrogens with zero attached hydrogens (tertiary/aromatic N) is 6. The number of alkyl carbamates (subject to hydrolysis) is 1. The van der Waals surface area contributed by atoms with Gasteiger partial charge in [0.05, 0.1) is 38.1 Å². The summed E-state index contributed by atoms with van der Waals surface area (Å²) in [4.78, 5) is 31.6. The topological polar surface area (TPSA) is 274 Å². The monoisotopic (exact) mass is 1070 g/mol. The second-order valence-electron chi connectivity index (χ2n) is 18.5. The Kier molecular flexibility index (Phi) is 20.1. The molecule has 20 nitrogen and oxygen atoms in total. The molecule has 75 heavy (non-hydrogen) atoms. The minimum atomic E-state index is -3.65. The van der Waals surface area contributed by atoms with Crippen molar-refractivity contribution >= 4 is 38.0 Å². The van der Waals surface area contributed by atoms with E-state index in [-0.39, 0.29) is 50.6 Å². The van der Waals surface area contributed by atoms with Gasteiger partial charge >= 0.3 is 6.09 Å². The molecule has 6 rings (SSSR count). The summed E-state index contributed by atoms with van der Waals surface area (Å²) in [7, 11) is -4.22. The van der Waals surface area contributed by atoms with Gasteiger partial charge in [-0.15, -0.1) is 0 Å². The molecule has 6 aromatic rings. The highest BCUT2D eigenvalue weighted by atomic mass is 32.2. The number of ether oxygens (including phenoxy) is 3. The Balaban J connectivity index is 1.07. The summed E-state index contributed by atoms with van der Waals surface area (Å²) in [5, 5.41) is 29.2. The molecular weight excluding hydrogens is 1000 g/mol. The molecular formula is C53H68N10O10S2. The molecule has 7 N–H and O–H groups in total. The van der Waals surface area contributed by atoms with Crippen LogP contribution in [-0.2, 0) is 57.1 Å². The lowest BCUT2D eigenvalue weighted by Crippen LogP contribution is -2.38. The zero-order valence-electron chi connectivity index (χ0n) is 43.2. The summed E-state index contributed by atoms with van der Waals surface area (Å²) in [6.45, 7) is 5.61. The number of hydrogen-bond donors (Lipinski definition) is 6. The van der Waals surface area contributed by atoms with Gasteiger partial charge in [0.2, 0.25) is 31.9 Å². The van der Waals surface area contributed by atoms with E-state index in [4.69, 9.17) is 24.9 Å². The summed E-state index contributed by atoms with van der Waals surface area (Å²) in [5.74, 6) is 1.68. The molecule has 0 radical (unpaired) electrons. The molecule has 0 unspecified atom stereocenters. The lowest BCUT2D eigenvalue weighted by molar-refractivity contribution is 0.0393. The van der Waals surface area contributed by atoms with E-state index in [1.165, 1.54) is 29.1 Å². The van der Waals surface area contributed by atoms with Crippen LogP contribution in [0.25, 0.3) is 22.5 Å². The van der Waals surface area contributed by atoms with Crippen LogP contribution >= 0.6 is 0 Å². The lowest BCUT2D eigenvalue weighted by Gasteiger charge is -2.27. The van der Waals surface area contributed by atoms with Gasteiger partial charge in [-0.3, -0.25) is 0 Å². The molecule has 0 bridgehead atoms. The molecule has 22 heteroatoms. The minimum absolute atomic E-state index is 0.0495. The van der Waals surface area contributed by atoms with Gasteiger partial charge < -0.3 is 46.1 Å². The first kappa shape index (κ1) is 57.2. The van der Waals surface area contributed by atoms with Gasteiger partial charge in [-0.25, -0.2) is 41.6 Å². The van der Waals surface area contributed by atoms with E-state index in [1.807, 2.05) is 48.5 Å². The maximum atomic E-state index is 13.3. The second-order valence-corrected chi connectivity index (χ2v) is 22.5. The molecule has 0 fully saturated rings. The number of phenolic OH excluding ortho intramolecular Hbond substituents is 2. The molecule has 402 valence electrons. The van der Waals surface area contributed by atoms with Crippen molar-refractivity contribution in [2.24, 2.45) is 5.73 Å². The predicted molar refractivity (Wildman–Crippen MR) is 290 cm³/mol. The van der Waals surface area contributed by atoms with Crippen LogP contribution in [0.4, 0.5) is 16.7 Å². The minimum Gasteiger partial charge on any atom is -0.504 e. The first-order valence-electron chi connectivity index (χ1n) is 24.4. The van der Waals surface area contributed by atoms with Crippen molar-refractivity contribution < 1.29 is 46.1 Å². The zero-order valence-corrected chi connectivity index (χ0v) is 44.9. The fraction of sp³-hybridized carbons (Fsp3) is 0.377. The Morgan fingerprint density at radius 3 is 1.76 bits per heavy atom. The van der Waals surface area contributed by atoms with Gasteiger partial charge in [0.25, 0.3) is 0 Å². The van der Waals surface area contributed by atoms with Crippen LogP contribution in [0.15, 0.2) is 103 Å². The van der Waals surface area contributed by atoms with Crippen molar-refractivity contribution in [3.8, 4) is 45.5 Å². The number of hydrogen-bond acceptors (Lipinski definition) is 17. The van der Waals surface area contributed by atoms with Gasteiger partial charge in [-0.1, -0.05) is 42.5 Å². The smallest absolute Gasteiger partial charge is 0.407 e. The first-order chi connectivity index (χ1) is 35.7. The zero-order chi connectivity index (χ0) is 54.2. The predicted octanol–water partition coefficient (Wildman–Crippen LogP) is 6.35. The van der Waals surface area contributed by atoms with Gasteiger partial charge in [-0.2, -0.15) is 8.61 Å². The number of phenols is 2. The molecule has 0 aliphatic heterocycles. The number of methoxy groups -OCH3 is 2. The van der Waals surface area contributed by atoms with Crippen LogP contribution in [0.5, 0.6) is 23.0 Å². The second kappa shape index (κ2) is 26.4. The third-order valence-corrected chi connectivity index (χ3v) is 14.5. The van der Waals surface area contributed by atoms with Gasteiger partial charge in [0.1, 0.15) is 5.60 Å². The number of benzene rings is 4. The molecule has 2 heterocycles. The number of aromatic nitrogens is 4. The molecule has 0 atom stereocenters. The van der Waals surface area contributed by atoms with E-state index in [2.05, 4.69) is 30.9 Å². The number of anilines is 2. The highest BCUT2D eigenvalue weighted by molar-refractivity contribution is 7.88. The molecule has 0 aliphatic rings. The standard InChI is InChI=1S/C53H68N10O10S2/c1-53(2,34-42-15-12-40(36-62(28-8-22-54)74(5,67)68)31-43(42)45-21-27-58-51(61-45)56-25-19-38-14-17-47(65)49(33-38)72-4)73-52(66)59-23-9-29-63(75(6,69)70)35-39-10-7-11-41(30-39)44-20-26-57-50(60-44)55-24-18-37-13-16-46(64)48(32-37)71-3/h7,10-17,20-21,26-27,30-33,64-65H,8-9,18-19,22-25,28-29,34-36,54H2,1-6H3,(H,59,66)(H,55,57,60)(H,56,58,61). The summed E-state index contributed by atoms with van der Waals surface area (Å²) < 4.78 is 70.8. The summed E-state index contributed by atoms with van der Waals surface area (Å²) in [6.07, 6.45) is 7.18. The van der Waals surface area contributed by atoms with Crippen LogP contribution < -0.4 is 31.2 Å². The van der Waals surface area contributed by atoms with Crippen molar-refractivity contribution in [3.05, 3.63) is 131 Å². The first-order valence-corrected chi connectivity index (χ1v) is 28.1. The molecule has 4 aromatic carbocycles. The highest BCUT2D eigenvalue weighted by Crippen LogP contribution is 2.31. The van der Waals surface area contributed by atoms with Crippen LogP contribution in [0.2, 0.25) is 0 Å². The Bertz CT molecular complexity index is 3110. The summed E-state index contributed by atoms with van der Waals surface area (Å²) in [5.41, 5.74) is 11.5. The maximum absolute atomic E-state index is 13.3. The highest BCUT2D eigenvalue weighted by Gasteiger charge is 2.27. The van der Waals surface area contributed by atoms with Crippen molar-refractivity contribution in [3.63, 3.8) is 0 Å². The normalized spacial score (nSPS) is 11.9. The number of rotatable bonds is 28. The van der Waals surface area contributed by atoms with Crippen molar-refractivity contribution in [1.29, 1.82) is 0 Å². The number of sulfonamides is 2.